The second-order valence-electron chi connectivity index (χ2n) is 5.37. The van der Waals surface area contributed by atoms with Gasteiger partial charge in [0.1, 0.15) is 11.6 Å². The van der Waals surface area contributed by atoms with Crippen LogP contribution >= 0.6 is 23.2 Å². The number of rotatable bonds is 2. The maximum absolute atomic E-state index is 13.5. The third-order valence-electron chi connectivity index (χ3n) is 3.90. The molecule has 4 rings (SSSR count). The van der Waals surface area contributed by atoms with Gasteiger partial charge in [0.25, 0.3) is 0 Å². The van der Waals surface area contributed by atoms with Gasteiger partial charge in [-0.15, -0.1) is 0 Å². The van der Waals surface area contributed by atoms with E-state index in [0.717, 1.165) is 41.3 Å². The summed E-state index contributed by atoms with van der Waals surface area (Å²) in [7, 11) is 0. The minimum absolute atomic E-state index is 0.272. The monoisotopic (exact) mass is 347 g/mol. The summed E-state index contributed by atoms with van der Waals surface area (Å²) >= 11 is 12.1. The molecule has 0 unspecified atom stereocenters. The van der Waals surface area contributed by atoms with Crippen molar-refractivity contribution in [2.45, 2.75) is 6.42 Å². The van der Waals surface area contributed by atoms with Crippen molar-refractivity contribution >= 4 is 29.0 Å². The van der Waals surface area contributed by atoms with E-state index in [2.05, 4.69) is 10.4 Å². The van der Waals surface area contributed by atoms with Crippen molar-refractivity contribution in [1.29, 1.82) is 0 Å². The van der Waals surface area contributed by atoms with Gasteiger partial charge in [-0.3, -0.25) is 0 Å². The van der Waals surface area contributed by atoms with Crippen molar-refractivity contribution < 1.29 is 4.39 Å². The first kappa shape index (κ1) is 14.5. The Morgan fingerprint density at radius 3 is 2.74 bits per heavy atom. The topological polar surface area (TPSA) is 29.9 Å². The lowest BCUT2D eigenvalue weighted by Crippen LogP contribution is -2.04. The Morgan fingerprint density at radius 1 is 1.09 bits per heavy atom. The first-order valence-electron chi connectivity index (χ1n) is 7.20. The Labute approximate surface area is 142 Å². The summed E-state index contributed by atoms with van der Waals surface area (Å²) in [6.45, 7) is 0.830. The van der Waals surface area contributed by atoms with Crippen LogP contribution in [-0.4, -0.2) is 16.3 Å². The molecule has 3 nitrogen and oxygen atoms in total. The number of nitrogens with zero attached hydrogens (tertiary/aromatic N) is 2. The van der Waals surface area contributed by atoms with E-state index in [-0.39, 0.29) is 5.82 Å². The normalized spacial score (nSPS) is 13.0. The van der Waals surface area contributed by atoms with Crippen LogP contribution in [0, 0.1) is 5.82 Å². The molecule has 2 heterocycles. The molecular weight excluding hydrogens is 336 g/mol. The van der Waals surface area contributed by atoms with Gasteiger partial charge >= 0.3 is 0 Å². The molecule has 23 heavy (non-hydrogen) atoms. The number of benzene rings is 2. The molecule has 1 aliphatic rings. The molecule has 0 spiro atoms. The van der Waals surface area contributed by atoms with Gasteiger partial charge in [-0.1, -0.05) is 35.3 Å². The maximum Gasteiger partial charge on any atom is 0.133 e. The van der Waals surface area contributed by atoms with E-state index in [0.29, 0.717) is 10.0 Å². The minimum atomic E-state index is -0.272. The number of hydrogen-bond donors (Lipinski definition) is 1. The Bertz CT molecular complexity index is 905. The Balaban J connectivity index is 1.89. The predicted octanol–water partition coefficient (Wildman–Crippen LogP) is 4.95. The summed E-state index contributed by atoms with van der Waals surface area (Å²) in [5, 5.41) is 8.98. The van der Waals surface area contributed by atoms with Crippen molar-refractivity contribution in [3.05, 3.63) is 63.9 Å². The summed E-state index contributed by atoms with van der Waals surface area (Å²) in [6.07, 6.45) is 0.850. The molecule has 0 fully saturated rings. The van der Waals surface area contributed by atoms with Gasteiger partial charge in [-0.2, -0.15) is 5.10 Å². The third-order valence-corrected chi connectivity index (χ3v) is 4.64. The minimum Gasteiger partial charge on any atom is -0.369 e. The standard InChI is InChI=1S/C17H12Cl2FN3/c18-14-5-4-12(9-15(14)19)23-17-13(6-7-21-17)16(22-23)10-2-1-3-11(20)8-10/h1-5,8-9,21H,6-7H2. The Kier molecular flexibility index (Phi) is 3.51. The van der Waals surface area contributed by atoms with Crippen LogP contribution in [0.15, 0.2) is 42.5 Å². The Hall–Kier alpha value is -2.04. The molecule has 2 aromatic carbocycles. The number of halogens is 3. The molecule has 116 valence electrons. The van der Waals surface area contributed by atoms with Crippen LogP contribution in [-0.2, 0) is 6.42 Å². The average Bonchev–Trinajstić information content (AvgIpc) is 3.12. The van der Waals surface area contributed by atoms with Gasteiger partial charge in [-0.05, 0) is 36.8 Å². The van der Waals surface area contributed by atoms with E-state index in [4.69, 9.17) is 23.2 Å². The molecule has 0 saturated carbocycles. The molecule has 0 saturated heterocycles. The SMILES string of the molecule is Fc1cccc(-c2nn(-c3ccc(Cl)c(Cl)c3)c3c2CCN3)c1. The van der Waals surface area contributed by atoms with Crippen LogP contribution in [0.4, 0.5) is 10.2 Å². The molecule has 0 aliphatic carbocycles. The van der Waals surface area contributed by atoms with Crippen molar-refractivity contribution in [3.8, 4) is 16.9 Å². The first-order chi connectivity index (χ1) is 11.1. The molecule has 6 heteroatoms. The zero-order chi connectivity index (χ0) is 16.0. The van der Waals surface area contributed by atoms with E-state index in [1.807, 2.05) is 12.1 Å². The summed E-state index contributed by atoms with van der Waals surface area (Å²) < 4.78 is 15.3. The highest BCUT2D eigenvalue weighted by molar-refractivity contribution is 6.42. The van der Waals surface area contributed by atoms with Crippen LogP contribution in [0.1, 0.15) is 5.56 Å². The zero-order valence-electron chi connectivity index (χ0n) is 12.0. The maximum atomic E-state index is 13.5. The van der Waals surface area contributed by atoms with Crippen molar-refractivity contribution in [3.63, 3.8) is 0 Å². The number of fused-ring (bicyclic) bond motifs is 1. The summed E-state index contributed by atoms with van der Waals surface area (Å²) in [6, 6.07) is 11.9. The zero-order valence-corrected chi connectivity index (χ0v) is 13.5. The molecule has 0 radical (unpaired) electrons. The smallest absolute Gasteiger partial charge is 0.133 e. The molecule has 0 bridgehead atoms. The quantitative estimate of drug-likeness (QED) is 0.710. The van der Waals surface area contributed by atoms with Gasteiger partial charge in [0.15, 0.2) is 0 Å². The van der Waals surface area contributed by atoms with Crippen LogP contribution in [0.3, 0.4) is 0 Å². The molecule has 1 aliphatic heterocycles. The summed E-state index contributed by atoms with van der Waals surface area (Å²) in [5.41, 5.74) is 3.45. The molecular formula is C17H12Cl2FN3. The number of nitrogens with one attached hydrogen (secondary N) is 1. The second kappa shape index (κ2) is 5.55. The Morgan fingerprint density at radius 2 is 1.96 bits per heavy atom. The molecule has 0 amide bonds. The van der Waals surface area contributed by atoms with Crippen LogP contribution in [0.2, 0.25) is 10.0 Å². The summed E-state index contributed by atoms with van der Waals surface area (Å²) in [4.78, 5) is 0. The van der Waals surface area contributed by atoms with Crippen molar-refractivity contribution in [1.82, 2.24) is 9.78 Å². The fourth-order valence-electron chi connectivity index (χ4n) is 2.85. The molecule has 1 N–H and O–H groups in total. The van der Waals surface area contributed by atoms with E-state index in [9.17, 15) is 4.39 Å². The van der Waals surface area contributed by atoms with Gasteiger partial charge in [-0.25, -0.2) is 9.07 Å². The van der Waals surface area contributed by atoms with Crippen LogP contribution < -0.4 is 5.32 Å². The lowest BCUT2D eigenvalue weighted by atomic mass is 10.1. The van der Waals surface area contributed by atoms with Gasteiger partial charge < -0.3 is 5.32 Å². The van der Waals surface area contributed by atoms with Gasteiger partial charge in [0.2, 0.25) is 0 Å². The van der Waals surface area contributed by atoms with Crippen molar-refractivity contribution in [2.24, 2.45) is 0 Å². The average molecular weight is 348 g/mol. The predicted molar refractivity (Wildman–Crippen MR) is 91.2 cm³/mol. The first-order valence-corrected chi connectivity index (χ1v) is 7.96. The van der Waals surface area contributed by atoms with Gasteiger partial charge in [0.05, 0.1) is 21.4 Å². The fraction of sp³-hybridized carbons (Fsp3) is 0.118. The number of hydrogen-bond acceptors (Lipinski definition) is 2. The largest absolute Gasteiger partial charge is 0.369 e. The summed E-state index contributed by atoms with van der Waals surface area (Å²) in [5.74, 6) is 0.647. The van der Waals surface area contributed by atoms with E-state index in [1.54, 1.807) is 22.9 Å². The van der Waals surface area contributed by atoms with E-state index < -0.39 is 0 Å². The highest BCUT2D eigenvalue weighted by atomic mass is 35.5. The lowest BCUT2D eigenvalue weighted by Gasteiger charge is -2.07. The molecule has 1 aromatic heterocycles. The second-order valence-corrected chi connectivity index (χ2v) is 6.19. The van der Waals surface area contributed by atoms with E-state index in [1.165, 1.54) is 12.1 Å². The lowest BCUT2D eigenvalue weighted by molar-refractivity contribution is 0.628. The van der Waals surface area contributed by atoms with E-state index >= 15 is 0 Å². The van der Waals surface area contributed by atoms with Crippen molar-refractivity contribution in [2.75, 3.05) is 11.9 Å². The van der Waals surface area contributed by atoms with Crippen LogP contribution in [0.5, 0.6) is 0 Å². The number of anilines is 1. The highest BCUT2D eigenvalue weighted by Crippen LogP contribution is 2.35. The third kappa shape index (κ3) is 2.48. The van der Waals surface area contributed by atoms with Gasteiger partial charge in [0, 0.05) is 17.7 Å². The fourth-order valence-corrected chi connectivity index (χ4v) is 3.14. The molecule has 3 aromatic rings. The highest BCUT2D eigenvalue weighted by Gasteiger charge is 2.24. The number of aromatic nitrogens is 2. The van der Waals surface area contributed by atoms with Crippen LogP contribution in [0.25, 0.3) is 16.9 Å². The molecule has 0 atom stereocenters.